The first-order valence-corrected chi connectivity index (χ1v) is 6.15. The smallest absolute Gasteiger partial charge is 0.319 e. The van der Waals surface area contributed by atoms with Gasteiger partial charge in [-0.3, -0.25) is 0 Å². The predicted molar refractivity (Wildman–Crippen MR) is 71.8 cm³/mol. The molecule has 1 aromatic carbocycles. The fourth-order valence-electron chi connectivity index (χ4n) is 1.77. The molecule has 0 spiro atoms. The third-order valence-corrected chi connectivity index (χ3v) is 2.73. The molecule has 7 heteroatoms. The minimum absolute atomic E-state index is 0.173. The van der Waals surface area contributed by atoms with Gasteiger partial charge in [-0.15, -0.1) is 0 Å². The van der Waals surface area contributed by atoms with Gasteiger partial charge in [0.2, 0.25) is 0 Å². The third-order valence-electron chi connectivity index (χ3n) is 2.73. The number of carbonyl (C=O) groups excluding carboxylic acids is 1. The molecule has 0 fully saturated rings. The molecule has 5 nitrogen and oxygen atoms in total. The zero-order chi connectivity index (χ0) is 15.2. The van der Waals surface area contributed by atoms with E-state index in [0.29, 0.717) is 5.76 Å². The number of hydrogen-bond acceptors (Lipinski definition) is 3. The minimum Gasteiger partial charge on any atom is -0.467 e. The van der Waals surface area contributed by atoms with Gasteiger partial charge in [0.15, 0.2) is 11.6 Å². The van der Waals surface area contributed by atoms with Gasteiger partial charge < -0.3 is 19.8 Å². The SMILES string of the molecule is COC[C@@H](NC(=O)Nc1cccc(F)c1F)c1ccco1. The molecular weight excluding hydrogens is 282 g/mol. The van der Waals surface area contributed by atoms with Crippen LogP contribution in [0.25, 0.3) is 0 Å². The lowest BCUT2D eigenvalue weighted by atomic mass is 10.2. The molecule has 2 aromatic rings. The van der Waals surface area contributed by atoms with Gasteiger partial charge in [0.1, 0.15) is 11.8 Å². The van der Waals surface area contributed by atoms with Gasteiger partial charge in [0, 0.05) is 7.11 Å². The molecule has 2 amide bonds. The minimum atomic E-state index is -1.12. The molecule has 0 aliphatic heterocycles. The van der Waals surface area contributed by atoms with E-state index in [0.717, 1.165) is 6.07 Å². The van der Waals surface area contributed by atoms with Gasteiger partial charge in [-0.2, -0.15) is 0 Å². The van der Waals surface area contributed by atoms with Crippen LogP contribution >= 0.6 is 0 Å². The second-order valence-corrected chi connectivity index (χ2v) is 4.22. The Bertz CT molecular complexity index is 602. The van der Waals surface area contributed by atoms with Crippen molar-refractivity contribution in [2.75, 3.05) is 19.0 Å². The molecule has 0 aliphatic carbocycles. The molecule has 0 saturated carbocycles. The summed E-state index contributed by atoms with van der Waals surface area (Å²) in [5, 5.41) is 4.80. The molecule has 1 aromatic heterocycles. The van der Waals surface area contributed by atoms with Crippen LogP contribution in [-0.4, -0.2) is 19.7 Å². The van der Waals surface area contributed by atoms with Crippen LogP contribution in [0.1, 0.15) is 11.8 Å². The zero-order valence-electron chi connectivity index (χ0n) is 11.2. The fraction of sp³-hybridized carbons (Fsp3) is 0.214. The number of hydrogen-bond donors (Lipinski definition) is 2. The van der Waals surface area contributed by atoms with E-state index in [1.165, 1.54) is 25.5 Å². The summed E-state index contributed by atoms with van der Waals surface area (Å²) < 4.78 is 36.7. The van der Waals surface area contributed by atoms with Gasteiger partial charge in [0.05, 0.1) is 18.6 Å². The summed E-state index contributed by atoms with van der Waals surface area (Å²) in [6.45, 7) is 0.173. The van der Waals surface area contributed by atoms with E-state index in [9.17, 15) is 13.6 Å². The van der Waals surface area contributed by atoms with Crippen molar-refractivity contribution in [2.24, 2.45) is 0 Å². The van der Waals surface area contributed by atoms with Crippen molar-refractivity contribution < 1.29 is 22.7 Å². The topological polar surface area (TPSA) is 63.5 Å². The van der Waals surface area contributed by atoms with E-state index in [2.05, 4.69) is 10.6 Å². The van der Waals surface area contributed by atoms with Crippen LogP contribution in [0.5, 0.6) is 0 Å². The number of anilines is 1. The van der Waals surface area contributed by atoms with Crippen molar-refractivity contribution >= 4 is 11.7 Å². The molecule has 2 rings (SSSR count). The molecule has 1 atom stereocenters. The van der Waals surface area contributed by atoms with Crippen LogP contribution in [0, 0.1) is 11.6 Å². The molecular formula is C14H14F2N2O3. The van der Waals surface area contributed by atoms with Gasteiger partial charge >= 0.3 is 6.03 Å². The second kappa shape index (κ2) is 6.85. The Kier molecular flexibility index (Phi) is 4.89. The first-order chi connectivity index (χ1) is 10.1. The molecule has 0 radical (unpaired) electrons. The molecule has 21 heavy (non-hydrogen) atoms. The Balaban J connectivity index is 2.04. The first-order valence-electron chi connectivity index (χ1n) is 6.15. The maximum atomic E-state index is 13.5. The molecule has 0 unspecified atom stereocenters. The number of urea groups is 1. The van der Waals surface area contributed by atoms with Crippen LogP contribution in [0.15, 0.2) is 41.0 Å². The Morgan fingerprint density at radius 2 is 2.14 bits per heavy atom. The number of furan rings is 1. The quantitative estimate of drug-likeness (QED) is 0.891. The van der Waals surface area contributed by atoms with Crippen LogP contribution in [-0.2, 0) is 4.74 Å². The van der Waals surface area contributed by atoms with E-state index in [4.69, 9.17) is 9.15 Å². The average molecular weight is 296 g/mol. The lowest BCUT2D eigenvalue weighted by molar-refractivity contribution is 0.159. The number of halogens is 2. The van der Waals surface area contributed by atoms with Gasteiger partial charge in [-0.1, -0.05) is 6.07 Å². The summed E-state index contributed by atoms with van der Waals surface area (Å²) in [7, 11) is 1.47. The largest absolute Gasteiger partial charge is 0.467 e. The highest BCUT2D eigenvalue weighted by Gasteiger charge is 2.18. The highest BCUT2D eigenvalue weighted by molar-refractivity contribution is 5.89. The number of nitrogens with one attached hydrogen (secondary N) is 2. The number of carbonyl (C=O) groups is 1. The predicted octanol–water partition coefficient (Wildman–Crippen LogP) is 3.07. The Morgan fingerprint density at radius 1 is 1.33 bits per heavy atom. The summed E-state index contributed by atoms with van der Waals surface area (Å²) in [6.07, 6.45) is 1.46. The van der Waals surface area contributed by atoms with Gasteiger partial charge in [0.25, 0.3) is 0 Å². The van der Waals surface area contributed by atoms with Crippen molar-refractivity contribution in [1.29, 1.82) is 0 Å². The van der Waals surface area contributed by atoms with Crippen molar-refractivity contribution in [1.82, 2.24) is 5.32 Å². The lowest BCUT2D eigenvalue weighted by Gasteiger charge is -2.16. The summed E-state index contributed by atoms with van der Waals surface area (Å²) in [5.41, 5.74) is -0.247. The van der Waals surface area contributed by atoms with E-state index in [1.807, 2.05) is 0 Å². The average Bonchev–Trinajstić information content (AvgIpc) is 2.97. The Labute approximate surface area is 119 Å². The number of rotatable bonds is 5. The van der Waals surface area contributed by atoms with E-state index < -0.39 is 23.7 Å². The second-order valence-electron chi connectivity index (χ2n) is 4.22. The molecule has 2 N–H and O–H groups in total. The highest BCUT2D eigenvalue weighted by Crippen LogP contribution is 2.18. The fourth-order valence-corrected chi connectivity index (χ4v) is 1.77. The van der Waals surface area contributed by atoms with Crippen molar-refractivity contribution in [3.63, 3.8) is 0 Å². The summed E-state index contributed by atoms with van der Waals surface area (Å²) in [6, 6.07) is 5.63. The summed E-state index contributed by atoms with van der Waals surface area (Å²) in [5.74, 6) is -1.66. The van der Waals surface area contributed by atoms with Crippen LogP contribution in [0.4, 0.5) is 19.3 Å². The standard InChI is InChI=1S/C14H14F2N2O3/c1-20-8-11(12-6-3-7-21-12)18-14(19)17-10-5-2-4-9(15)13(10)16/h2-7,11H,8H2,1H3,(H2,17,18,19)/t11-/m1/s1. The van der Waals surface area contributed by atoms with Crippen LogP contribution in [0.2, 0.25) is 0 Å². The molecule has 0 aliphatic rings. The van der Waals surface area contributed by atoms with Crippen LogP contribution in [0.3, 0.4) is 0 Å². The maximum Gasteiger partial charge on any atom is 0.319 e. The molecule has 0 saturated heterocycles. The molecule has 0 bridgehead atoms. The number of methoxy groups -OCH3 is 1. The number of ether oxygens (including phenoxy) is 1. The third kappa shape index (κ3) is 3.79. The van der Waals surface area contributed by atoms with Crippen molar-refractivity contribution in [3.05, 3.63) is 54.0 Å². The summed E-state index contributed by atoms with van der Waals surface area (Å²) in [4.78, 5) is 11.8. The first kappa shape index (κ1) is 15.0. The monoisotopic (exact) mass is 296 g/mol. The van der Waals surface area contributed by atoms with Gasteiger partial charge in [-0.05, 0) is 24.3 Å². The number of amides is 2. The molecule has 1 heterocycles. The normalized spacial score (nSPS) is 12.0. The maximum absolute atomic E-state index is 13.5. The lowest BCUT2D eigenvalue weighted by Crippen LogP contribution is -2.34. The number of benzene rings is 1. The van der Waals surface area contributed by atoms with Crippen molar-refractivity contribution in [2.45, 2.75) is 6.04 Å². The van der Waals surface area contributed by atoms with Gasteiger partial charge in [-0.25, -0.2) is 13.6 Å². The van der Waals surface area contributed by atoms with Crippen LogP contribution < -0.4 is 10.6 Å². The zero-order valence-corrected chi connectivity index (χ0v) is 11.2. The van der Waals surface area contributed by atoms with E-state index >= 15 is 0 Å². The Morgan fingerprint density at radius 3 is 2.81 bits per heavy atom. The van der Waals surface area contributed by atoms with E-state index in [-0.39, 0.29) is 12.3 Å². The van der Waals surface area contributed by atoms with Crippen molar-refractivity contribution in [3.8, 4) is 0 Å². The summed E-state index contributed by atoms with van der Waals surface area (Å²) >= 11 is 0. The Hall–Kier alpha value is -2.41. The highest BCUT2D eigenvalue weighted by atomic mass is 19.2. The van der Waals surface area contributed by atoms with E-state index in [1.54, 1.807) is 12.1 Å². The molecule has 112 valence electrons.